The third kappa shape index (κ3) is 3.95. The van der Waals surface area contributed by atoms with E-state index in [-0.39, 0.29) is 31.8 Å². The van der Waals surface area contributed by atoms with Gasteiger partial charge in [0.1, 0.15) is 28.2 Å². The maximum Gasteiger partial charge on any atom is 0.308 e. The lowest BCUT2D eigenvalue weighted by Gasteiger charge is -2.10. The number of carbonyl (C=O) groups is 2. The summed E-state index contributed by atoms with van der Waals surface area (Å²) in [4.78, 5) is 34.7. The van der Waals surface area contributed by atoms with Gasteiger partial charge in [0, 0.05) is 31.5 Å². The molecule has 0 saturated heterocycles. The van der Waals surface area contributed by atoms with Gasteiger partial charge in [-0.05, 0) is 46.9 Å². The molecule has 0 radical (unpaired) electrons. The van der Waals surface area contributed by atoms with E-state index in [4.69, 9.17) is 13.9 Å². The van der Waals surface area contributed by atoms with E-state index in [1.165, 1.54) is 26.0 Å². The SMILES string of the molecule is CC(=O)Oc1ccc(-c2cc(=O)c3c(O)c(I)c(OC(C)=O)cc3o2)cc1. The van der Waals surface area contributed by atoms with Crippen molar-refractivity contribution >= 4 is 45.5 Å². The van der Waals surface area contributed by atoms with Crippen LogP contribution in [0.2, 0.25) is 0 Å². The number of benzene rings is 2. The molecular formula is C19H13IO7. The lowest BCUT2D eigenvalue weighted by atomic mass is 10.1. The monoisotopic (exact) mass is 480 g/mol. The number of fused-ring (bicyclic) bond motifs is 1. The van der Waals surface area contributed by atoms with Gasteiger partial charge in [-0.2, -0.15) is 0 Å². The zero-order chi connectivity index (χ0) is 19.7. The van der Waals surface area contributed by atoms with Crippen molar-refractivity contribution in [2.75, 3.05) is 0 Å². The van der Waals surface area contributed by atoms with Crippen LogP contribution in [0.1, 0.15) is 13.8 Å². The molecule has 0 bridgehead atoms. The summed E-state index contributed by atoms with van der Waals surface area (Å²) >= 11 is 1.79. The fourth-order valence-corrected chi connectivity index (χ4v) is 3.02. The summed E-state index contributed by atoms with van der Waals surface area (Å²) in [6, 6.07) is 9.03. The summed E-state index contributed by atoms with van der Waals surface area (Å²) in [5.41, 5.74) is 0.202. The van der Waals surface area contributed by atoms with Gasteiger partial charge >= 0.3 is 11.9 Å². The Kier molecular flexibility index (Phi) is 5.17. The predicted octanol–water partition coefficient (Wildman–Crippen LogP) is 3.62. The van der Waals surface area contributed by atoms with Crippen LogP contribution in [0, 0.1) is 3.57 Å². The summed E-state index contributed by atoms with van der Waals surface area (Å²) in [6.07, 6.45) is 0. The molecule has 0 unspecified atom stereocenters. The van der Waals surface area contributed by atoms with Crippen molar-refractivity contribution in [1.82, 2.24) is 0 Å². The molecule has 0 fully saturated rings. The number of ether oxygens (including phenoxy) is 2. The second-order valence-corrected chi connectivity index (χ2v) is 6.68. The first kappa shape index (κ1) is 18.9. The first-order valence-electron chi connectivity index (χ1n) is 7.73. The van der Waals surface area contributed by atoms with Gasteiger partial charge in [0.2, 0.25) is 0 Å². The summed E-state index contributed by atoms with van der Waals surface area (Å²) in [6.45, 7) is 2.53. The zero-order valence-electron chi connectivity index (χ0n) is 14.2. The smallest absolute Gasteiger partial charge is 0.308 e. The van der Waals surface area contributed by atoms with Crippen LogP contribution in [0.25, 0.3) is 22.3 Å². The number of hydrogen-bond donors (Lipinski definition) is 1. The van der Waals surface area contributed by atoms with Crippen molar-refractivity contribution in [2.24, 2.45) is 0 Å². The molecule has 8 heteroatoms. The maximum atomic E-state index is 12.5. The molecule has 1 heterocycles. The van der Waals surface area contributed by atoms with Crippen LogP contribution in [0.5, 0.6) is 17.2 Å². The second kappa shape index (κ2) is 7.39. The van der Waals surface area contributed by atoms with Gasteiger partial charge in [0.05, 0.1) is 3.57 Å². The maximum absolute atomic E-state index is 12.5. The molecule has 0 spiro atoms. The molecule has 1 aromatic heterocycles. The highest BCUT2D eigenvalue weighted by Gasteiger charge is 2.18. The molecule has 0 aliphatic rings. The van der Waals surface area contributed by atoms with Crippen molar-refractivity contribution < 1.29 is 28.6 Å². The Morgan fingerprint density at radius 3 is 2.26 bits per heavy atom. The average Bonchev–Trinajstić information content (AvgIpc) is 2.58. The largest absolute Gasteiger partial charge is 0.506 e. The standard InChI is InChI=1S/C19H13IO7/c1-9(21)25-12-5-3-11(4-6-12)14-7-13(23)17-15(27-14)8-16(26-10(2)22)18(20)19(17)24/h3-8,24H,1-2H3. The van der Waals surface area contributed by atoms with Gasteiger partial charge < -0.3 is 19.0 Å². The number of phenolic OH excluding ortho intramolecular Hbond substituents is 1. The van der Waals surface area contributed by atoms with Crippen LogP contribution in [-0.4, -0.2) is 17.0 Å². The lowest BCUT2D eigenvalue weighted by molar-refractivity contribution is -0.132. The Hall–Kier alpha value is -2.88. The Labute approximate surface area is 166 Å². The molecule has 3 rings (SSSR count). The minimum atomic E-state index is -0.564. The van der Waals surface area contributed by atoms with Crippen molar-refractivity contribution in [1.29, 1.82) is 0 Å². The molecule has 0 saturated carbocycles. The zero-order valence-corrected chi connectivity index (χ0v) is 16.4. The van der Waals surface area contributed by atoms with Gasteiger partial charge in [-0.25, -0.2) is 0 Å². The minimum Gasteiger partial charge on any atom is -0.506 e. The number of halogens is 1. The van der Waals surface area contributed by atoms with E-state index in [0.717, 1.165) is 0 Å². The van der Waals surface area contributed by atoms with E-state index >= 15 is 0 Å². The van der Waals surface area contributed by atoms with Crippen LogP contribution in [0.15, 0.2) is 45.6 Å². The fraction of sp³-hybridized carbons (Fsp3) is 0.105. The van der Waals surface area contributed by atoms with Crippen LogP contribution < -0.4 is 14.9 Å². The quantitative estimate of drug-likeness (QED) is 0.347. The van der Waals surface area contributed by atoms with Crippen LogP contribution in [0.4, 0.5) is 0 Å². The van der Waals surface area contributed by atoms with E-state index in [1.54, 1.807) is 46.9 Å². The predicted molar refractivity (Wildman–Crippen MR) is 105 cm³/mol. The molecular weight excluding hydrogens is 467 g/mol. The molecule has 7 nitrogen and oxygen atoms in total. The number of hydrogen-bond acceptors (Lipinski definition) is 7. The fourth-order valence-electron chi connectivity index (χ4n) is 2.48. The first-order valence-corrected chi connectivity index (χ1v) is 8.80. The molecule has 138 valence electrons. The molecule has 0 aliphatic carbocycles. The lowest BCUT2D eigenvalue weighted by Crippen LogP contribution is -2.06. The van der Waals surface area contributed by atoms with Gasteiger partial charge in [0.15, 0.2) is 11.2 Å². The van der Waals surface area contributed by atoms with Crippen LogP contribution in [-0.2, 0) is 9.59 Å². The Morgan fingerprint density at radius 2 is 1.67 bits per heavy atom. The summed E-state index contributed by atoms with van der Waals surface area (Å²) in [5, 5.41) is 10.3. The number of aromatic hydroxyl groups is 1. The molecule has 2 aromatic carbocycles. The number of esters is 2. The molecule has 1 N–H and O–H groups in total. The number of phenols is 1. The van der Waals surface area contributed by atoms with Crippen molar-refractivity contribution in [3.8, 4) is 28.6 Å². The number of rotatable bonds is 3. The van der Waals surface area contributed by atoms with E-state index in [1.807, 2.05) is 0 Å². The Morgan fingerprint density at radius 1 is 1.04 bits per heavy atom. The van der Waals surface area contributed by atoms with Gasteiger partial charge in [0.25, 0.3) is 0 Å². The van der Waals surface area contributed by atoms with Crippen molar-refractivity contribution in [3.05, 3.63) is 50.2 Å². The van der Waals surface area contributed by atoms with E-state index in [2.05, 4.69) is 0 Å². The second-order valence-electron chi connectivity index (χ2n) is 5.60. The third-order valence-corrected chi connectivity index (χ3v) is 4.59. The molecule has 0 amide bonds. The van der Waals surface area contributed by atoms with E-state index in [0.29, 0.717) is 11.3 Å². The molecule has 0 aliphatic heterocycles. The van der Waals surface area contributed by atoms with Crippen molar-refractivity contribution in [2.45, 2.75) is 13.8 Å². The van der Waals surface area contributed by atoms with Gasteiger partial charge in [-0.15, -0.1) is 0 Å². The third-order valence-electron chi connectivity index (χ3n) is 3.55. The van der Waals surface area contributed by atoms with E-state index in [9.17, 15) is 19.5 Å². The highest BCUT2D eigenvalue weighted by Crippen LogP contribution is 2.37. The van der Waals surface area contributed by atoms with Crippen LogP contribution in [0.3, 0.4) is 0 Å². The Bertz CT molecular complexity index is 1110. The first-order chi connectivity index (χ1) is 12.8. The summed E-state index contributed by atoms with van der Waals surface area (Å²) < 4.78 is 16.0. The molecule has 3 aromatic rings. The van der Waals surface area contributed by atoms with E-state index < -0.39 is 17.4 Å². The summed E-state index contributed by atoms with van der Waals surface area (Å²) in [7, 11) is 0. The Balaban J connectivity index is 2.13. The minimum absolute atomic E-state index is 0.00409. The molecule has 27 heavy (non-hydrogen) atoms. The van der Waals surface area contributed by atoms with Gasteiger partial charge in [-0.1, -0.05) is 0 Å². The van der Waals surface area contributed by atoms with Gasteiger partial charge in [-0.3, -0.25) is 14.4 Å². The van der Waals surface area contributed by atoms with Crippen molar-refractivity contribution in [3.63, 3.8) is 0 Å². The molecule has 0 atom stereocenters. The summed E-state index contributed by atoms with van der Waals surface area (Å²) in [5.74, 6) is -0.613. The highest BCUT2D eigenvalue weighted by molar-refractivity contribution is 14.1. The van der Waals surface area contributed by atoms with Crippen LogP contribution >= 0.6 is 22.6 Å². The normalized spacial score (nSPS) is 10.6. The average molecular weight is 480 g/mol. The number of carbonyl (C=O) groups excluding carboxylic acids is 2. The topological polar surface area (TPSA) is 103 Å². The highest BCUT2D eigenvalue weighted by atomic mass is 127.